The quantitative estimate of drug-likeness (QED) is 0.416. The van der Waals surface area contributed by atoms with E-state index in [4.69, 9.17) is 4.74 Å². The second-order valence-electron chi connectivity index (χ2n) is 6.82. The smallest absolute Gasteiger partial charge is 0.338 e. The van der Waals surface area contributed by atoms with Gasteiger partial charge in [0.2, 0.25) is 15.9 Å². The van der Waals surface area contributed by atoms with Gasteiger partial charge in [-0.15, -0.1) is 0 Å². The summed E-state index contributed by atoms with van der Waals surface area (Å²) in [5.74, 6) is -0.922. The Hall–Kier alpha value is -2.39. The van der Waals surface area contributed by atoms with Gasteiger partial charge < -0.3 is 10.1 Å². The fraction of sp³-hybridized carbons (Fsp3) is 0.333. The summed E-state index contributed by atoms with van der Waals surface area (Å²) in [6.45, 7) is 3.84. The number of rotatable bonds is 9. The first kappa shape index (κ1) is 23.9. The summed E-state index contributed by atoms with van der Waals surface area (Å²) in [7, 11) is -3.67. The van der Waals surface area contributed by atoms with Crippen LogP contribution in [0.5, 0.6) is 0 Å². The fourth-order valence-electron chi connectivity index (χ4n) is 2.60. The average molecular weight is 497 g/mol. The molecule has 0 saturated carbocycles. The SMILES string of the molecule is CCCCOC(=O)c1ccc(NC(=O)CN(c2ccc(Br)c(C)c2)S(C)(=O)=O)cc1. The zero-order chi connectivity index (χ0) is 22.3. The van der Waals surface area contributed by atoms with Crippen molar-refractivity contribution >= 4 is 49.2 Å². The molecular weight excluding hydrogens is 472 g/mol. The molecule has 0 radical (unpaired) electrons. The molecule has 1 amide bonds. The topological polar surface area (TPSA) is 92.8 Å². The lowest BCUT2D eigenvalue weighted by Crippen LogP contribution is -2.37. The molecule has 0 heterocycles. The summed E-state index contributed by atoms with van der Waals surface area (Å²) in [6.07, 6.45) is 2.79. The Morgan fingerprint density at radius 3 is 2.37 bits per heavy atom. The number of esters is 1. The normalized spacial score (nSPS) is 11.1. The average Bonchev–Trinajstić information content (AvgIpc) is 2.68. The first-order chi connectivity index (χ1) is 14.1. The molecule has 0 spiro atoms. The summed E-state index contributed by atoms with van der Waals surface area (Å²) < 4.78 is 31.5. The van der Waals surface area contributed by atoms with Gasteiger partial charge in [-0.2, -0.15) is 0 Å². The lowest BCUT2D eigenvalue weighted by molar-refractivity contribution is -0.114. The van der Waals surface area contributed by atoms with Crippen LogP contribution >= 0.6 is 15.9 Å². The van der Waals surface area contributed by atoms with Crippen LogP contribution in [-0.4, -0.2) is 39.7 Å². The van der Waals surface area contributed by atoms with Crippen LogP contribution in [0.1, 0.15) is 35.7 Å². The van der Waals surface area contributed by atoms with E-state index >= 15 is 0 Å². The predicted octanol–water partition coefficient (Wildman–Crippen LogP) is 4.12. The minimum Gasteiger partial charge on any atom is -0.462 e. The highest BCUT2D eigenvalue weighted by Crippen LogP contribution is 2.24. The number of benzene rings is 2. The molecule has 0 unspecified atom stereocenters. The first-order valence-corrected chi connectivity index (χ1v) is 12.1. The summed E-state index contributed by atoms with van der Waals surface area (Å²) in [4.78, 5) is 24.4. The number of aryl methyl sites for hydroxylation is 1. The highest BCUT2D eigenvalue weighted by Gasteiger charge is 2.21. The predicted molar refractivity (Wildman–Crippen MR) is 121 cm³/mol. The number of nitrogens with one attached hydrogen (secondary N) is 1. The molecule has 2 rings (SSSR count). The van der Waals surface area contributed by atoms with Gasteiger partial charge in [0.15, 0.2) is 0 Å². The number of carbonyl (C=O) groups is 2. The lowest BCUT2D eigenvalue weighted by Gasteiger charge is -2.22. The van der Waals surface area contributed by atoms with Crippen molar-refractivity contribution in [3.63, 3.8) is 0 Å². The number of ether oxygens (including phenoxy) is 1. The number of sulfonamides is 1. The molecule has 0 aliphatic carbocycles. The van der Waals surface area contributed by atoms with Gasteiger partial charge in [-0.3, -0.25) is 9.10 Å². The summed E-state index contributed by atoms with van der Waals surface area (Å²) >= 11 is 3.38. The number of unbranched alkanes of at least 4 members (excludes halogenated alkanes) is 1. The molecule has 0 atom stereocenters. The first-order valence-electron chi connectivity index (χ1n) is 9.42. The maximum atomic E-state index is 12.5. The second-order valence-corrected chi connectivity index (χ2v) is 9.58. The van der Waals surface area contributed by atoms with Crippen LogP contribution in [0.2, 0.25) is 0 Å². The third kappa shape index (κ3) is 6.84. The molecule has 2 aromatic carbocycles. The van der Waals surface area contributed by atoms with Crippen LogP contribution < -0.4 is 9.62 Å². The fourth-order valence-corrected chi connectivity index (χ4v) is 3.69. The van der Waals surface area contributed by atoms with Crippen molar-refractivity contribution in [2.24, 2.45) is 0 Å². The summed E-state index contributed by atoms with van der Waals surface area (Å²) in [5, 5.41) is 2.65. The van der Waals surface area contributed by atoms with Crippen LogP contribution in [0.25, 0.3) is 0 Å². The number of hydrogen-bond donors (Lipinski definition) is 1. The van der Waals surface area contributed by atoms with E-state index in [2.05, 4.69) is 21.2 Å². The third-order valence-corrected chi connectivity index (χ3v) is 6.28. The van der Waals surface area contributed by atoms with Gasteiger partial charge in [0.25, 0.3) is 0 Å². The monoisotopic (exact) mass is 496 g/mol. The van der Waals surface area contributed by atoms with E-state index in [0.717, 1.165) is 33.4 Å². The van der Waals surface area contributed by atoms with Crippen molar-refractivity contribution in [2.45, 2.75) is 26.7 Å². The Bertz CT molecular complexity index is 1010. The third-order valence-electron chi connectivity index (χ3n) is 4.25. The number of carbonyl (C=O) groups excluding carboxylic acids is 2. The van der Waals surface area contributed by atoms with E-state index in [1.54, 1.807) is 42.5 Å². The van der Waals surface area contributed by atoms with Crippen molar-refractivity contribution in [2.75, 3.05) is 29.0 Å². The molecule has 0 aliphatic rings. The van der Waals surface area contributed by atoms with Crippen molar-refractivity contribution in [3.05, 3.63) is 58.1 Å². The van der Waals surface area contributed by atoms with E-state index in [0.29, 0.717) is 23.5 Å². The molecule has 162 valence electrons. The molecule has 30 heavy (non-hydrogen) atoms. The lowest BCUT2D eigenvalue weighted by atomic mass is 10.2. The maximum absolute atomic E-state index is 12.5. The van der Waals surface area contributed by atoms with Crippen molar-refractivity contribution in [1.29, 1.82) is 0 Å². The largest absolute Gasteiger partial charge is 0.462 e. The van der Waals surface area contributed by atoms with Crippen molar-refractivity contribution in [3.8, 4) is 0 Å². The van der Waals surface area contributed by atoms with E-state index in [-0.39, 0.29) is 6.54 Å². The standard InChI is InChI=1S/C21H25BrN2O5S/c1-4-5-12-29-21(26)16-6-8-17(9-7-16)23-20(25)14-24(30(3,27)28)18-10-11-19(22)15(2)13-18/h6-11,13H,4-5,12,14H2,1-3H3,(H,23,25). The highest BCUT2D eigenvalue weighted by molar-refractivity contribution is 9.10. The van der Waals surface area contributed by atoms with Crippen LogP contribution in [0.15, 0.2) is 46.9 Å². The minimum atomic E-state index is -3.67. The molecule has 0 bridgehead atoms. The summed E-state index contributed by atoms with van der Waals surface area (Å²) in [6, 6.07) is 11.3. The minimum absolute atomic E-state index is 0.366. The van der Waals surface area contributed by atoms with Crippen molar-refractivity contribution in [1.82, 2.24) is 0 Å². The Kier molecular flexibility index (Phi) is 8.43. The van der Waals surface area contributed by atoms with Crippen molar-refractivity contribution < 1.29 is 22.7 Å². The van der Waals surface area contributed by atoms with E-state index in [9.17, 15) is 18.0 Å². The molecule has 1 N–H and O–H groups in total. The molecule has 0 saturated heterocycles. The highest BCUT2D eigenvalue weighted by atomic mass is 79.9. The second kappa shape index (κ2) is 10.6. The Labute approximate surface area is 185 Å². The van der Waals surface area contributed by atoms with Crippen LogP contribution in [-0.2, 0) is 19.6 Å². The number of amides is 1. The van der Waals surface area contributed by atoms with Crippen LogP contribution in [0.3, 0.4) is 0 Å². The van der Waals surface area contributed by atoms with Gasteiger partial charge in [0, 0.05) is 10.2 Å². The number of hydrogen-bond acceptors (Lipinski definition) is 5. The Morgan fingerprint density at radius 2 is 1.80 bits per heavy atom. The van der Waals surface area contributed by atoms with Gasteiger partial charge in [0.1, 0.15) is 6.54 Å². The van der Waals surface area contributed by atoms with Gasteiger partial charge in [-0.05, 0) is 61.4 Å². The van der Waals surface area contributed by atoms with Crippen LogP contribution in [0, 0.1) is 6.92 Å². The molecule has 9 heteroatoms. The number of anilines is 2. The molecule has 7 nitrogen and oxygen atoms in total. The Morgan fingerprint density at radius 1 is 1.13 bits per heavy atom. The zero-order valence-corrected chi connectivity index (χ0v) is 19.5. The molecule has 2 aromatic rings. The molecule has 0 aromatic heterocycles. The molecule has 0 fully saturated rings. The van der Waals surface area contributed by atoms with E-state index in [1.165, 1.54) is 0 Å². The maximum Gasteiger partial charge on any atom is 0.338 e. The van der Waals surface area contributed by atoms with Gasteiger partial charge in [-0.25, -0.2) is 13.2 Å². The Balaban J connectivity index is 2.06. The van der Waals surface area contributed by atoms with Gasteiger partial charge in [-0.1, -0.05) is 29.3 Å². The van der Waals surface area contributed by atoms with Gasteiger partial charge >= 0.3 is 5.97 Å². The van der Waals surface area contributed by atoms with Crippen LogP contribution in [0.4, 0.5) is 11.4 Å². The number of halogens is 1. The zero-order valence-electron chi connectivity index (χ0n) is 17.1. The van der Waals surface area contributed by atoms with Gasteiger partial charge in [0.05, 0.1) is 24.1 Å². The van der Waals surface area contributed by atoms with E-state index in [1.807, 2.05) is 13.8 Å². The van der Waals surface area contributed by atoms with E-state index < -0.39 is 21.9 Å². The summed E-state index contributed by atoms with van der Waals surface area (Å²) in [5.41, 5.74) is 2.08. The molecular formula is C21H25BrN2O5S. The number of nitrogens with zero attached hydrogens (tertiary/aromatic N) is 1. The molecule has 0 aliphatic heterocycles.